The smallest absolute Gasteiger partial charge is 0.270 e. The number of halogens is 1. The van der Waals surface area contributed by atoms with Gasteiger partial charge in [0.2, 0.25) is 5.95 Å². The molecule has 1 fully saturated rings. The van der Waals surface area contributed by atoms with Gasteiger partial charge in [-0.2, -0.15) is 4.98 Å². The van der Waals surface area contributed by atoms with E-state index in [1.807, 2.05) is 37.3 Å². The van der Waals surface area contributed by atoms with Crippen LogP contribution < -0.4 is 25.2 Å². The molecule has 0 unspecified atom stereocenters. The minimum Gasteiger partial charge on any atom is -0.476 e. The first kappa shape index (κ1) is 26.1. The van der Waals surface area contributed by atoms with Crippen LogP contribution in [-0.2, 0) is 4.79 Å². The van der Waals surface area contributed by atoms with Crippen LogP contribution >= 0.6 is 11.6 Å². The molecule has 1 amide bonds. The summed E-state index contributed by atoms with van der Waals surface area (Å²) in [7, 11) is 2.16. The molecule has 2 aliphatic heterocycles. The third-order valence-corrected chi connectivity index (χ3v) is 7.10. The van der Waals surface area contributed by atoms with E-state index in [9.17, 15) is 4.79 Å². The highest BCUT2D eigenvalue weighted by Gasteiger charge is 2.40. The number of rotatable bonds is 7. The topological polar surface area (TPSA) is 85.9 Å². The van der Waals surface area contributed by atoms with E-state index in [1.165, 1.54) is 5.69 Å². The second kappa shape index (κ2) is 10.7. The van der Waals surface area contributed by atoms with E-state index < -0.39 is 5.60 Å². The lowest BCUT2D eigenvalue weighted by Gasteiger charge is -2.39. The molecule has 0 radical (unpaired) electrons. The zero-order chi connectivity index (χ0) is 26.9. The maximum absolute atomic E-state index is 13.0. The Morgan fingerprint density at radius 2 is 1.74 bits per heavy atom. The summed E-state index contributed by atoms with van der Waals surface area (Å²) in [5.41, 5.74) is 2.65. The maximum Gasteiger partial charge on any atom is 0.270 e. The molecular weight excluding hydrogens is 502 g/mol. The maximum atomic E-state index is 13.0. The lowest BCUT2D eigenvalue weighted by atomic mass is 10.0. The minimum atomic E-state index is -0.906. The average Bonchev–Trinajstić information content (AvgIpc) is 2.90. The second-order valence-electron chi connectivity index (χ2n) is 10.2. The van der Waals surface area contributed by atoms with Crippen LogP contribution in [0.4, 0.5) is 34.5 Å². The molecule has 9 nitrogen and oxygen atoms in total. The van der Waals surface area contributed by atoms with Crippen LogP contribution in [0.15, 0.2) is 48.7 Å². The van der Waals surface area contributed by atoms with Gasteiger partial charge in [-0.1, -0.05) is 18.5 Å². The standard InChI is InChI=1S/C28H34ClN7O2/c1-5-12-36-23-17-20(8-11-24(23)38-28(2,3)26(36)37)31-25-22(29)18-30-27(33-25)32-19-6-9-21(10-7-19)35-15-13-34(4)14-16-35/h6-11,17-18H,5,12-16H2,1-4H3,(H2,30,31,32,33). The molecule has 2 N–H and O–H groups in total. The molecule has 10 heteroatoms. The zero-order valence-electron chi connectivity index (χ0n) is 22.3. The number of aromatic nitrogens is 2. The number of piperazine rings is 1. The zero-order valence-corrected chi connectivity index (χ0v) is 23.0. The number of benzene rings is 2. The Morgan fingerprint density at radius 1 is 1.03 bits per heavy atom. The number of hydrogen-bond donors (Lipinski definition) is 2. The van der Waals surface area contributed by atoms with Crippen molar-refractivity contribution in [3.63, 3.8) is 0 Å². The predicted molar refractivity (Wildman–Crippen MR) is 154 cm³/mol. The number of anilines is 6. The Bertz CT molecular complexity index is 1310. The molecule has 3 aromatic rings. The number of amides is 1. The Hall–Kier alpha value is -3.56. The summed E-state index contributed by atoms with van der Waals surface area (Å²) in [6.07, 6.45) is 2.40. The molecule has 2 aliphatic rings. The van der Waals surface area contributed by atoms with Gasteiger partial charge >= 0.3 is 0 Å². The highest BCUT2D eigenvalue weighted by atomic mass is 35.5. The SMILES string of the molecule is CCCN1C(=O)C(C)(C)Oc2ccc(Nc3nc(Nc4ccc(N5CCN(C)CC5)cc4)ncc3Cl)cc21. The number of carbonyl (C=O) groups excluding carboxylic acids is 1. The van der Waals surface area contributed by atoms with Gasteiger partial charge in [0, 0.05) is 49.8 Å². The molecular formula is C28H34ClN7O2. The van der Waals surface area contributed by atoms with E-state index in [2.05, 4.69) is 49.6 Å². The quantitative estimate of drug-likeness (QED) is 0.422. The monoisotopic (exact) mass is 535 g/mol. The van der Waals surface area contributed by atoms with E-state index in [0.717, 1.165) is 49.7 Å². The molecule has 2 aromatic carbocycles. The minimum absolute atomic E-state index is 0.0609. The average molecular weight is 536 g/mol. The van der Waals surface area contributed by atoms with Gasteiger partial charge in [0.15, 0.2) is 11.4 Å². The highest BCUT2D eigenvalue weighted by Crippen LogP contribution is 2.40. The van der Waals surface area contributed by atoms with E-state index in [4.69, 9.17) is 16.3 Å². The van der Waals surface area contributed by atoms with Gasteiger partial charge in [0.25, 0.3) is 5.91 Å². The van der Waals surface area contributed by atoms with Crippen LogP contribution in [0.3, 0.4) is 0 Å². The van der Waals surface area contributed by atoms with Crippen LogP contribution in [0.25, 0.3) is 0 Å². The van der Waals surface area contributed by atoms with Crippen molar-refractivity contribution in [2.75, 3.05) is 60.2 Å². The molecule has 0 aliphatic carbocycles. The van der Waals surface area contributed by atoms with E-state index in [1.54, 1.807) is 24.9 Å². The highest BCUT2D eigenvalue weighted by molar-refractivity contribution is 6.32. The van der Waals surface area contributed by atoms with Gasteiger partial charge in [-0.3, -0.25) is 4.79 Å². The predicted octanol–water partition coefficient (Wildman–Crippen LogP) is 5.28. The summed E-state index contributed by atoms with van der Waals surface area (Å²) in [6, 6.07) is 13.9. The first-order valence-corrected chi connectivity index (χ1v) is 13.4. The van der Waals surface area contributed by atoms with Gasteiger partial charge in [-0.05, 0) is 69.8 Å². The molecule has 0 bridgehead atoms. The molecule has 1 aromatic heterocycles. The van der Waals surface area contributed by atoms with Gasteiger partial charge < -0.3 is 30.1 Å². The number of carbonyl (C=O) groups is 1. The van der Waals surface area contributed by atoms with E-state index in [0.29, 0.717) is 29.1 Å². The third-order valence-electron chi connectivity index (χ3n) is 6.82. The van der Waals surface area contributed by atoms with Crippen molar-refractivity contribution < 1.29 is 9.53 Å². The van der Waals surface area contributed by atoms with E-state index >= 15 is 0 Å². The summed E-state index contributed by atoms with van der Waals surface area (Å²) in [5.74, 6) is 1.50. The molecule has 0 atom stereocenters. The molecule has 3 heterocycles. The van der Waals surface area contributed by atoms with Gasteiger partial charge in [0.05, 0.1) is 11.9 Å². The Balaban J connectivity index is 1.32. The number of nitrogens with one attached hydrogen (secondary N) is 2. The second-order valence-corrected chi connectivity index (χ2v) is 10.6. The fourth-order valence-electron chi connectivity index (χ4n) is 4.69. The van der Waals surface area contributed by atoms with Crippen molar-refractivity contribution in [2.24, 2.45) is 0 Å². The van der Waals surface area contributed by atoms with Crippen molar-refractivity contribution in [2.45, 2.75) is 32.8 Å². The van der Waals surface area contributed by atoms with Crippen LogP contribution in [-0.4, -0.2) is 66.1 Å². The first-order chi connectivity index (χ1) is 18.2. The Kier molecular flexibility index (Phi) is 7.32. The van der Waals surface area contributed by atoms with Crippen LogP contribution in [0.1, 0.15) is 27.2 Å². The number of hydrogen-bond acceptors (Lipinski definition) is 8. The summed E-state index contributed by atoms with van der Waals surface area (Å²) < 4.78 is 5.99. The molecule has 1 saturated heterocycles. The van der Waals surface area contributed by atoms with Crippen molar-refractivity contribution >= 4 is 52.0 Å². The summed E-state index contributed by atoms with van der Waals surface area (Å²) in [6.45, 7) is 10.4. The van der Waals surface area contributed by atoms with Crippen molar-refractivity contribution in [3.8, 4) is 5.75 Å². The number of fused-ring (bicyclic) bond motifs is 1. The number of likely N-dealkylation sites (N-methyl/N-ethyl adjacent to an activating group) is 1. The number of ether oxygens (including phenoxy) is 1. The fraction of sp³-hybridized carbons (Fsp3) is 0.393. The van der Waals surface area contributed by atoms with E-state index in [-0.39, 0.29) is 5.91 Å². The summed E-state index contributed by atoms with van der Waals surface area (Å²) >= 11 is 6.44. The molecule has 200 valence electrons. The third kappa shape index (κ3) is 5.49. The first-order valence-electron chi connectivity index (χ1n) is 13.0. The van der Waals surface area contributed by atoms with Crippen molar-refractivity contribution in [1.29, 1.82) is 0 Å². The van der Waals surface area contributed by atoms with Crippen LogP contribution in [0.5, 0.6) is 5.75 Å². The van der Waals surface area contributed by atoms with Crippen LogP contribution in [0.2, 0.25) is 5.02 Å². The van der Waals surface area contributed by atoms with Gasteiger partial charge in [-0.15, -0.1) is 0 Å². The normalized spacial score (nSPS) is 17.1. The Morgan fingerprint density at radius 3 is 2.45 bits per heavy atom. The summed E-state index contributed by atoms with van der Waals surface area (Å²) in [5, 5.41) is 6.92. The van der Waals surface area contributed by atoms with Crippen LogP contribution in [0, 0.1) is 0 Å². The molecule has 38 heavy (non-hydrogen) atoms. The summed E-state index contributed by atoms with van der Waals surface area (Å²) in [4.78, 5) is 28.5. The van der Waals surface area contributed by atoms with Crippen molar-refractivity contribution in [3.05, 3.63) is 53.7 Å². The van der Waals surface area contributed by atoms with Gasteiger partial charge in [-0.25, -0.2) is 4.98 Å². The lowest BCUT2D eigenvalue weighted by Crippen LogP contribution is -2.52. The van der Waals surface area contributed by atoms with Gasteiger partial charge in [0.1, 0.15) is 10.8 Å². The molecule has 0 saturated carbocycles. The number of nitrogens with zero attached hydrogens (tertiary/aromatic N) is 5. The molecule has 5 rings (SSSR count). The molecule has 0 spiro atoms. The lowest BCUT2D eigenvalue weighted by molar-refractivity contribution is -0.132. The fourth-order valence-corrected chi connectivity index (χ4v) is 4.83. The Labute approximate surface area is 228 Å². The van der Waals surface area contributed by atoms with Crippen molar-refractivity contribution in [1.82, 2.24) is 14.9 Å². The largest absolute Gasteiger partial charge is 0.476 e.